The molecule has 8 aromatic rings. The Morgan fingerprint density at radius 1 is 0.641 bits per heavy atom. The van der Waals surface area contributed by atoms with Gasteiger partial charge in [-0.1, -0.05) is 72.8 Å². The van der Waals surface area contributed by atoms with E-state index < -0.39 is 11.2 Å². The molecule has 0 saturated carbocycles. The van der Waals surface area contributed by atoms with Crippen LogP contribution in [0.25, 0.3) is 66.7 Å². The third-order valence-corrected chi connectivity index (χ3v) is 7.01. The molecule has 0 radical (unpaired) electrons. The van der Waals surface area contributed by atoms with E-state index >= 15 is 0 Å². The van der Waals surface area contributed by atoms with Crippen LogP contribution in [0.2, 0.25) is 0 Å². The number of para-hydroxylation sites is 3. The predicted octanol–water partition coefficient (Wildman–Crippen LogP) is 5.51. The van der Waals surface area contributed by atoms with Crippen molar-refractivity contribution in [3.8, 4) is 17.2 Å². The van der Waals surface area contributed by atoms with Gasteiger partial charge in [-0.15, -0.1) is 0 Å². The van der Waals surface area contributed by atoms with Crippen LogP contribution in [0, 0.1) is 0 Å². The largest absolute Gasteiger partial charge is 0.437 e. The fourth-order valence-corrected chi connectivity index (χ4v) is 5.24. The lowest BCUT2D eigenvalue weighted by Gasteiger charge is -2.14. The zero-order valence-electron chi connectivity index (χ0n) is 20.3. The molecule has 0 aliphatic rings. The number of hydrogen-bond acceptors (Lipinski definition) is 6. The molecule has 4 aromatic carbocycles. The van der Waals surface area contributed by atoms with Crippen molar-refractivity contribution in [1.29, 1.82) is 0 Å². The van der Waals surface area contributed by atoms with Crippen molar-refractivity contribution in [3.05, 3.63) is 124 Å². The molecule has 0 N–H and O–H groups in total. The third kappa shape index (κ3) is 3.02. The fraction of sp³-hybridized carbons (Fsp3) is 0. The van der Waals surface area contributed by atoms with Crippen LogP contribution < -0.4 is 11.2 Å². The Labute approximate surface area is 219 Å². The molecule has 0 fully saturated rings. The summed E-state index contributed by atoms with van der Waals surface area (Å²) in [6.07, 6.45) is 0. The molecule has 184 valence electrons. The van der Waals surface area contributed by atoms with Gasteiger partial charge in [-0.3, -0.25) is 4.79 Å². The number of benzene rings is 4. The molecule has 8 heteroatoms. The van der Waals surface area contributed by atoms with Crippen molar-refractivity contribution in [2.75, 3.05) is 0 Å². The zero-order valence-corrected chi connectivity index (χ0v) is 20.3. The maximum atomic E-state index is 14.4. The van der Waals surface area contributed by atoms with E-state index in [-0.39, 0.29) is 0 Å². The number of rotatable bonds is 2. The summed E-state index contributed by atoms with van der Waals surface area (Å²) in [6, 6.07) is 31.5. The van der Waals surface area contributed by atoms with Crippen molar-refractivity contribution in [1.82, 2.24) is 23.9 Å². The highest BCUT2D eigenvalue weighted by Gasteiger charge is 2.23. The van der Waals surface area contributed by atoms with Gasteiger partial charge in [0.1, 0.15) is 5.58 Å². The third-order valence-electron chi connectivity index (χ3n) is 7.01. The summed E-state index contributed by atoms with van der Waals surface area (Å²) in [5.41, 5.74) is 2.11. The Morgan fingerprint density at radius 3 is 2.18 bits per heavy atom. The Bertz CT molecular complexity index is 2390. The number of hydrogen-bond donors (Lipinski definition) is 0. The molecule has 0 aliphatic carbocycles. The molecule has 4 aromatic heterocycles. The van der Waals surface area contributed by atoms with Crippen LogP contribution in [0.15, 0.2) is 117 Å². The topological polar surface area (TPSA) is 95.3 Å². The van der Waals surface area contributed by atoms with E-state index in [0.29, 0.717) is 55.8 Å². The molecular weight excluding hydrogens is 490 g/mol. The van der Waals surface area contributed by atoms with Crippen molar-refractivity contribution in [2.45, 2.75) is 0 Å². The number of fused-ring (bicyclic) bond motifs is 7. The van der Waals surface area contributed by atoms with E-state index in [1.807, 2.05) is 84.9 Å². The predicted molar refractivity (Wildman–Crippen MR) is 150 cm³/mol. The summed E-state index contributed by atoms with van der Waals surface area (Å²) in [7, 11) is 0. The minimum Gasteiger partial charge on any atom is -0.437 e. The average molecular weight is 508 g/mol. The molecule has 39 heavy (non-hydrogen) atoms. The fourth-order valence-electron chi connectivity index (χ4n) is 5.24. The molecular formula is C31H17N5O3. The lowest BCUT2D eigenvalue weighted by molar-refractivity contribution is 0.653. The van der Waals surface area contributed by atoms with Crippen LogP contribution >= 0.6 is 0 Å². The first-order valence-corrected chi connectivity index (χ1v) is 12.4. The maximum absolute atomic E-state index is 14.4. The van der Waals surface area contributed by atoms with Gasteiger partial charge in [0.05, 0.1) is 21.8 Å². The first-order chi connectivity index (χ1) is 19.2. The summed E-state index contributed by atoms with van der Waals surface area (Å²) < 4.78 is 8.75. The van der Waals surface area contributed by atoms with Gasteiger partial charge in [0.25, 0.3) is 5.56 Å². The lowest BCUT2D eigenvalue weighted by atomic mass is 10.1. The normalized spacial score (nSPS) is 11.8. The van der Waals surface area contributed by atoms with Crippen LogP contribution in [-0.2, 0) is 0 Å². The van der Waals surface area contributed by atoms with Gasteiger partial charge in [-0.25, -0.2) is 23.7 Å². The van der Waals surface area contributed by atoms with Gasteiger partial charge < -0.3 is 4.42 Å². The molecule has 0 saturated heterocycles. The number of aromatic nitrogens is 5. The zero-order chi connectivity index (χ0) is 26.1. The van der Waals surface area contributed by atoms with Crippen LogP contribution in [0.3, 0.4) is 0 Å². The van der Waals surface area contributed by atoms with Crippen molar-refractivity contribution in [3.63, 3.8) is 0 Å². The van der Waals surface area contributed by atoms with Gasteiger partial charge in [0, 0.05) is 16.3 Å². The van der Waals surface area contributed by atoms with E-state index in [0.717, 1.165) is 15.4 Å². The summed E-state index contributed by atoms with van der Waals surface area (Å²) in [5.74, 6) is 0.726. The van der Waals surface area contributed by atoms with Gasteiger partial charge in [-0.05, 0) is 30.3 Å². The summed E-state index contributed by atoms with van der Waals surface area (Å²) >= 11 is 0. The molecule has 8 rings (SSSR count). The minimum absolute atomic E-state index is 0.293. The van der Waals surface area contributed by atoms with Gasteiger partial charge >= 0.3 is 5.69 Å². The molecule has 0 amide bonds. The van der Waals surface area contributed by atoms with Crippen molar-refractivity contribution >= 4 is 49.5 Å². The molecule has 0 unspecified atom stereocenters. The van der Waals surface area contributed by atoms with E-state index in [1.165, 1.54) is 4.57 Å². The van der Waals surface area contributed by atoms with E-state index in [2.05, 4.69) is 0 Å². The first kappa shape index (κ1) is 21.5. The SMILES string of the molecule is O=c1c2ccccc2nc2c3ccccc3n(-c3nc(-c4ccccc4)nc4oc5ccccc5c34)c(=O)n12. The standard InChI is InChI=1S/C31H17N5O3/c37-30-19-12-4-7-15-22(19)32-27-20-13-5-8-16-23(20)35(31(38)36(27)30)28-25-21-14-6-9-17-24(21)39-29(25)34-26(33-28)18-10-2-1-3-11-18/h1-17H. The lowest BCUT2D eigenvalue weighted by Crippen LogP contribution is -2.35. The molecule has 4 heterocycles. The van der Waals surface area contributed by atoms with E-state index in [1.54, 1.807) is 18.2 Å². The smallest absolute Gasteiger partial charge is 0.343 e. The van der Waals surface area contributed by atoms with Crippen molar-refractivity contribution < 1.29 is 4.42 Å². The number of nitrogens with zero attached hydrogens (tertiary/aromatic N) is 5. The van der Waals surface area contributed by atoms with Crippen LogP contribution in [0.1, 0.15) is 0 Å². The Hall–Kier alpha value is -5.63. The van der Waals surface area contributed by atoms with Crippen LogP contribution in [0.5, 0.6) is 0 Å². The summed E-state index contributed by atoms with van der Waals surface area (Å²) in [5, 5.41) is 2.35. The highest BCUT2D eigenvalue weighted by molar-refractivity contribution is 6.08. The molecule has 8 nitrogen and oxygen atoms in total. The average Bonchev–Trinajstić information content (AvgIpc) is 3.36. The van der Waals surface area contributed by atoms with E-state index in [4.69, 9.17) is 19.4 Å². The van der Waals surface area contributed by atoms with Gasteiger partial charge in [0.2, 0.25) is 5.71 Å². The molecule has 0 aliphatic heterocycles. The maximum Gasteiger partial charge on any atom is 0.343 e. The van der Waals surface area contributed by atoms with Crippen LogP contribution in [-0.4, -0.2) is 23.9 Å². The second kappa shape index (κ2) is 7.93. The minimum atomic E-state index is -0.573. The van der Waals surface area contributed by atoms with Gasteiger partial charge in [-0.2, -0.15) is 4.98 Å². The Morgan fingerprint density at radius 2 is 1.33 bits per heavy atom. The molecule has 0 bridgehead atoms. The van der Waals surface area contributed by atoms with Crippen molar-refractivity contribution in [2.24, 2.45) is 0 Å². The second-order valence-corrected chi connectivity index (χ2v) is 9.24. The number of furan rings is 1. The first-order valence-electron chi connectivity index (χ1n) is 12.4. The Kier molecular flexibility index (Phi) is 4.36. The molecule has 0 atom stereocenters. The molecule has 0 spiro atoms. The summed E-state index contributed by atoms with van der Waals surface area (Å²) in [4.78, 5) is 42.4. The highest BCUT2D eigenvalue weighted by Crippen LogP contribution is 2.34. The van der Waals surface area contributed by atoms with Crippen LogP contribution in [0.4, 0.5) is 0 Å². The monoisotopic (exact) mass is 507 g/mol. The highest BCUT2D eigenvalue weighted by atomic mass is 16.3. The van der Waals surface area contributed by atoms with Gasteiger partial charge in [0.15, 0.2) is 17.3 Å². The quantitative estimate of drug-likeness (QED) is 0.226. The second-order valence-electron chi connectivity index (χ2n) is 9.24. The summed E-state index contributed by atoms with van der Waals surface area (Å²) in [6.45, 7) is 0. The van der Waals surface area contributed by atoms with E-state index in [9.17, 15) is 9.59 Å². The Balaban J connectivity index is 1.62.